The molecule has 0 aromatic heterocycles. The third-order valence-corrected chi connectivity index (χ3v) is 5.90. The van der Waals surface area contributed by atoms with Crippen LogP contribution in [0.5, 0.6) is 0 Å². The second-order valence-corrected chi connectivity index (χ2v) is 8.24. The molecular weight excluding hydrogens is 262 g/mol. The SMILES string of the molecule is CC(C)NCC1CCN(S(=O)(=O)NC2(C)CC2)CC1. The van der Waals surface area contributed by atoms with Crippen LogP contribution in [0.3, 0.4) is 0 Å². The Morgan fingerprint density at radius 3 is 2.32 bits per heavy atom. The minimum absolute atomic E-state index is 0.172. The number of hydrogen-bond donors (Lipinski definition) is 2. The molecule has 6 heteroatoms. The molecule has 1 aliphatic heterocycles. The van der Waals surface area contributed by atoms with Crippen molar-refractivity contribution in [2.24, 2.45) is 5.92 Å². The topological polar surface area (TPSA) is 61.4 Å². The zero-order valence-corrected chi connectivity index (χ0v) is 13.1. The summed E-state index contributed by atoms with van der Waals surface area (Å²) in [6.07, 6.45) is 3.83. The van der Waals surface area contributed by atoms with Crippen LogP contribution in [0.2, 0.25) is 0 Å². The van der Waals surface area contributed by atoms with E-state index in [9.17, 15) is 8.42 Å². The Labute approximate surface area is 117 Å². The highest BCUT2D eigenvalue weighted by atomic mass is 32.2. The molecule has 1 aliphatic carbocycles. The Hall–Kier alpha value is -0.170. The minimum atomic E-state index is -3.27. The molecule has 2 aliphatic rings. The lowest BCUT2D eigenvalue weighted by Crippen LogP contribution is -2.49. The molecule has 1 heterocycles. The first-order valence-electron chi connectivity index (χ1n) is 7.33. The second kappa shape index (κ2) is 5.68. The normalized spacial score (nSPS) is 24.8. The molecule has 0 aromatic rings. The average molecular weight is 289 g/mol. The number of hydrogen-bond acceptors (Lipinski definition) is 3. The van der Waals surface area contributed by atoms with Gasteiger partial charge in [0.2, 0.25) is 0 Å². The second-order valence-electron chi connectivity index (χ2n) is 6.57. The summed E-state index contributed by atoms with van der Waals surface area (Å²) in [5.41, 5.74) is -0.172. The fourth-order valence-corrected chi connectivity index (χ4v) is 4.07. The van der Waals surface area contributed by atoms with E-state index in [0.717, 1.165) is 32.2 Å². The van der Waals surface area contributed by atoms with Crippen LogP contribution in [-0.4, -0.2) is 43.9 Å². The van der Waals surface area contributed by atoms with Gasteiger partial charge in [-0.1, -0.05) is 13.8 Å². The van der Waals surface area contributed by atoms with Crippen molar-refractivity contribution in [2.45, 2.75) is 58.0 Å². The Morgan fingerprint density at radius 2 is 1.84 bits per heavy atom. The van der Waals surface area contributed by atoms with Gasteiger partial charge in [0, 0.05) is 24.7 Å². The summed E-state index contributed by atoms with van der Waals surface area (Å²) in [5.74, 6) is 0.602. The predicted octanol–water partition coefficient (Wildman–Crippen LogP) is 1.08. The van der Waals surface area contributed by atoms with Crippen LogP contribution in [0.4, 0.5) is 0 Å². The van der Waals surface area contributed by atoms with Gasteiger partial charge in [0.15, 0.2) is 0 Å². The highest BCUT2D eigenvalue weighted by Gasteiger charge is 2.42. The number of piperidine rings is 1. The average Bonchev–Trinajstić information content (AvgIpc) is 3.03. The molecule has 2 fully saturated rings. The molecule has 2 rings (SSSR count). The third-order valence-electron chi connectivity index (χ3n) is 4.10. The van der Waals surface area contributed by atoms with Crippen molar-refractivity contribution in [1.82, 2.24) is 14.3 Å². The van der Waals surface area contributed by atoms with Gasteiger partial charge in [-0.25, -0.2) is 0 Å². The summed E-state index contributed by atoms with van der Waals surface area (Å²) in [6, 6.07) is 0.498. The fourth-order valence-electron chi connectivity index (χ4n) is 2.42. The Balaban J connectivity index is 1.79. The maximum absolute atomic E-state index is 12.2. The maximum atomic E-state index is 12.2. The molecule has 0 amide bonds. The van der Waals surface area contributed by atoms with Crippen LogP contribution in [0.25, 0.3) is 0 Å². The zero-order valence-electron chi connectivity index (χ0n) is 12.3. The largest absolute Gasteiger partial charge is 0.314 e. The smallest absolute Gasteiger partial charge is 0.279 e. The standard InChI is InChI=1S/C13H27N3O2S/c1-11(2)14-10-12-4-8-16(9-5-12)19(17,18)15-13(3)6-7-13/h11-12,14-15H,4-10H2,1-3H3. The molecule has 1 saturated carbocycles. The van der Waals surface area contributed by atoms with Crippen LogP contribution >= 0.6 is 0 Å². The highest BCUT2D eigenvalue weighted by Crippen LogP contribution is 2.35. The van der Waals surface area contributed by atoms with Crippen molar-refractivity contribution >= 4 is 10.2 Å². The van der Waals surface area contributed by atoms with E-state index in [1.807, 2.05) is 6.92 Å². The summed E-state index contributed by atoms with van der Waals surface area (Å²) in [4.78, 5) is 0. The summed E-state index contributed by atoms with van der Waals surface area (Å²) in [6.45, 7) is 8.55. The maximum Gasteiger partial charge on any atom is 0.279 e. The van der Waals surface area contributed by atoms with Gasteiger partial charge in [-0.15, -0.1) is 0 Å². The molecule has 0 bridgehead atoms. The van der Waals surface area contributed by atoms with E-state index in [4.69, 9.17) is 0 Å². The minimum Gasteiger partial charge on any atom is -0.314 e. The summed E-state index contributed by atoms with van der Waals surface area (Å²) < 4.78 is 28.9. The predicted molar refractivity (Wildman–Crippen MR) is 77.1 cm³/mol. The third kappa shape index (κ3) is 4.41. The van der Waals surface area contributed by atoms with E-state index in [1.54, 1.807) is 4.31 Å². The van der Waals surface area contributed by atoms with Gasteiger partial charge in [-0.3, -0.25) is 0 Å². The van der Waals surface area contributed by atoms with E-state index in [1.165, 1.54) is 0 Å². The lowest BCUT2D eigenvalue weighted by Gasteiger charge is -2.32. The van der Waals surface area contributed by atoms with E-state index >= 15 is 0 Å². The molecule has 0 atom stereocenters. The van der Waals surface area contributed by atoms with Crippen molar-refractivity contribution in [3.05, 3.63) is 0 Å². The van der Waals surface area contributed by atoms with Gasteiger partial charge in [-0.2, -0.15) is 17.4 Å². The lowest BCUT2D eigenvalue weighted by atomic mass is 9.98. The molecule has 0 spiro atoms. The first kappa shape index (κ1) is 15.2. The summed E-state index contributed by atoms with van der Waals surface area (Å²) >= 11 is 0. The summed E-state index contributed by atoms with van der Waals surface area (Å²) in [5, 5.41) is 3.43. The van der Waals surface area contributed by atoms with E-state index in [-0.39, 0.29) is 5.54 Å². The molecule has 2 N–H and O–H groups in total. The molecule has 0 aromatic carbocycles. The van der Waals surface area contributed by atoms with E-state index in [0.29, 0.717) is 25.0 Å². The number of rotatable bonds is 6. The molecule has 5 nitrogen and oxygen atoms in total. The molecule has 19 heavy (non-hydrogen) atoms. The lowest BCUT2D eigenvalue weighted by molar-refractivity contribution is 0.260. The molecular formula is C13H27N3O2S. The number of nitrogens with zero attached hydrogens (tertiary/aromatic N) is 1. The molecule has 0 radical (unpaired) electrons. The Morgan fingerprint density at radius 1 is 1.26 bits per heavy atom. The van der Waals surface area contributed by atoms with Crippen LogP contribution in [0.15, 0.2) is 0 Å². The van der Waals surface area contributed by atoms with Crippen LogP contribution in [0, 0.1) is 5.92 Å². The number of nitrogens with one attached hydrogen (secondary N) is 2. The van der Waals surface area contributed by atoms with Crippen LogP contribution < -0.4 is 10.0 Å². The van der Waals surface area contributed by atoms with Crippen molar-refractivity contribution in [3.8, 4) is 0 Å². The van der Waals surface area contributed by atoms with Crippen LogP contribution in [-0.2, 0) is 10.2 Å². The van der Waals surface area contributed by atoms with Crippen molar-refractivity contribution in [2.75, 3.05) is 19.6 Å². The van der Waals surface area contributed by atoms with Crippen molar-refractivity contribution in [3.63, 3.8) is 0 Å². The molecule has 112 valence electrons. The van der Waals surface area contributed by atoms with Gasteiger partial charge in [-0.05, 0) is 45.1 Å². The van der Waals surface area contributed by atoms with Crippen molar-refractivity contribution in [1.29, 1.82) is 0 Å². The summed E-state index contributed by atoms with van der Waals surface area (Å²) in [7, 11) is -3.27. The monoisotopic (exact) mass is 289 g/mol. The van der Waals surface area contributed by atoms with E-state index < -0.39 is 10.2 Å². The van der Waals surface area contributed by atoms with Crippen molar-refractivity contribution < 1.29 is 8.42 Å². The van der Waals surface area contributed by atoms with Gasteiger partial charge in [0.25, 0.3) is 10.2 Å². The molecule has 0 unspecified atom stereocenters. The quantitative estimate of drug-likeness (QED) is 0.769. The van der Waals surface area contributed by atoms with Gasteiger partial charge < -0.3 is 5.32 Å². The zero-order chi connectivity index (χ0) is 14.1. The molecule has 1 saturated heterocycles. The Bertz CT molecular complexity index is 396. The van der Waals surface area contributed by atoms with Crippen LogP contribution in [0.1, 0.15) is 46.5 Å². The first-order valence-corrected chi connectivity index (χ1v) is 8.77. The van der Waals surface area contributed by atoms with Gasteiger partial charge >= 0.3 is 0 Å². The fraction of sp³-hybridized carbons (Fsp3) is 1.00. The first-order chi connectivity index (χ1) is 8.81. The Kier molecular flexibility index (Phi) is 4.55. The van der Waals surface area contributed by atoms with Gasteiger partial charge in [0.1, 0.15) is 0 Å². The highest BCUT2D eigenvalue weighted by molar-refractivity contribution is 7.87. The van der Waals surface area contributed by atoms with E-state index in [2.05, 4.69) is 23.9 Å². The van der Waals surface area contributed by atoms with Gasteiger partial charge in [0.05, 0.1) is 0 Å².